The molecule has 2 aliphatic rings. The zero-order valence-corrected chi connectivity index (χ0v) is 24.0. The van der Waals surface area contributed by atoms with Crippen molar-refractivity contribution in [3.8, 4) is 5.75 Å². The Hall–Kier alpha value is -2.72. The second-order valence-electron chi connectivity index (χ2n) is 10.9. The minimum absolute atomic E-state index is 0.186. The van der Waals surface area contributed by atoms with Crippen molar-refractivity contribution < 1.29 is 14.2 Å². The summed E-state index contributed by atoms with van der Waals surface area (Å²) < 4.78 is 18.4. The van der Waals surface area contributed by atoms with Crippen LogP contribution in [0.25, 0.3) is 0 Å². The Morgan fingerprint density at radius 3 is 2.49 bits per heavy atom. The van der Waals surface area contributed by atoms with Crippen molar-refractivity contribution in [2.24, 2.45) is 11.8 Å². The van der Waals surface area contributed by atoms with Gasteiger partial charge in [0.05, 0.1) is 7.11 Å². The molecule has 2 unspecified atom stereocenters. The molecule has 1 fully saturated rings. The molecule has 1 saturated heterocycles. The van der Waals surface area contributed by atoms with Gasteiger partial charge in [-0.05, 0) is 75.4 Å². The van der Waals surface area contributed by atoms with Gasteiger partial charge in [-0.25, -0.2) is 0 Å². The van der Waals surface area contributed by atoms with Crippen molar-refractivity contribution in [1.82, 2.24) is 4.90 Å². The Morgan fingerprint density at radius 2 is 1.89 bits per heavy atom. The summed E-state index contributed by atoms with van der Waals surface area (Å²) in [6.45, 7) is 20.3. The van der Waals surface area contributed by atoms with E-state index in [2.05, 4.69) is 102 Å². The van der Waals surface area contributed by atoms with Gasteiger partial charge in [0, 0.05) is 31.0 Å². The van der Waals surface area contributed by atoms with Gasteiger partial charge in [-0.3, -0.25) is 4.90 Å². The highest BCUT2D eigenvalue weighted by Gasteiger charge is 2.46. The maximum Gasteiger partial charge on any atom is 0.124 e. The van der Waals surface area contributed by atoms with E-state index >= 15 is 0 Å². The lowest BCUT2D eigenvalue weighted by Crippen LogP contribution is -2.53. The number of nitrogens with zero attached hydrogens (tertiary/aromatic N) is 1. The Morgan fingerprint density at radius 1 is 1.19 bits per heavy atom. The molecular weight excluding hydrogens is 458 g/mol. The summed E-state index contributed by atoms with van der Waals surface area (Å²) in [5.41, 5.74) is 2.09. The van der Waals surface area contributed by atoms with E-state index in [0.29, 0.717) is 17.8 Å². The van der Waals surface area contributed by atoms with Gasteiger partial charge in [0.15, 0.2) is 0 Å². The fraction of sp³-hybridized carbons (Fsp3) is 0.515. The van der Waals surface area contributed by atoms with Gasteiger partial charge in [-0.2, -0.15) is 0 Å². The molecule has 1 aromatic rings. The molecule has 2 heterocycles. The van der Waals surface area contributed by atoms with Crippen molar-refractivity contribution in [2.45, 2.75) is 72.0 Å². The third kappa shape index (κ3) is 7.19. The molecule has 0 aliphatic carbocycles. The standard InChI is InChI=1S/C33H47NO3/c1-9-12-13-14-15-24(4)32-31(25(5)30(37-33(32,6)7)21-27(11-3)35-8)26-16-18-28(19-17-26)36-29-22-34(23-29)20-10-2/h11-19,21,24,29,31-32H,3,9-10,20,22-23H2,1-2,4-8H3/b13-12-,15-14-,27-21+/t24?,31?,32-/m0/s1. The summed E-state index contributed by atoms with van der Waals surface area (Å²) in [5, 5.41) is 0. The molecule has 4 heteroatoms. The van der Waals surface area contributed by atoms with Crippen LogP contribution in [0.1, 0.15) is 65.9 Å². The molecule has 0 spiro atoms. The SMILES string of the molecule is C=C/C(=C\C1=C(C)C(c2ccc(OC3CN(CCC)C3)cc2)[C@H](C(C)/C=C\C=C/CC)C(C)(C)O1)OC. The Bertz CT molecular complexity index is 1010. The maximum absolute atomic E-state index is 6.66. The Balaban J connectivity index is 1.94. The molecule has 0 aromatic heterocycles. The first kappa shape index (κ1) is 28.8. The Labute approximate surface area is 225 Å². The van der Waals surface area contributed by atoms with Crippen LogP contribution in [0, 0.1) is 11.8 Å². The maximum atomic E-state index is 6.66. The lowest BCUT2D eigenvalue weighted by molar-refractivity contribution is -0.0498. The molecule has 0 amide bonds. The van der Waals surface area contributed by atoms with Crippen LogP contribution in [0.5, 0.6) is 5.75 Å². The van der Waals surface area contributed by atoms with Gasteiger partial charge in [0.25, 0.3) is 0 Å². The highest BCUT2D eigenvalue weighted by atomic mass is 16.5. The van der Waals surface area contributed by atoms with E-state index in [0.717, 1.165) is 37.6 Å². The summed E-state index contributed by atoms with van der Waals surface area (Å²) in [4.78, 5) is 2.44. The van der Waals surface area contributed by atoms with Gasteiger partial charge in [0.1, 0.15) is 29.0 Å². The largest absolute Gasteiger partial charge is 0.497 e. The van der Waals surface area contributed by atoms with Crippen LogP contribution in [0.4, 0.5) is 0 Å². The van der Waals surface area contributed by atoms with Gasteiger partial charge < -0.3 is 14.2 Å². The molecule has 2 aliphatic heterocycles. The van der Waals surface area contributed by atoms with Crippen LogP contribution in [0.15, 0.2) is 84.4 Å². The predicted octanol–water partition coefficient (Wildman–Crippen LogP) is 7.82. The second kappa shape index (κ2) is 13.2. The number of benzene rings is 1. The lowest BCUT2D eigenvalue weighted by atomic mass is 9.66. The zero-order valence-electron chi connectivity index (χ0n) is 24.0. The second-order valence-corrected chi connectivity index (χ2v) is 10.9. The van der Waals surface area contributed by atoms with Crippen LogP contribution in [0.2, 0.25) is 0 Å². The number of rotatable bonds is 12. The molecule has 1 aromatic carbocycles. The van der Waals surface area contributed by atoms with Crippen molar-refractivity contribution in [3.05, 3.63) is 90.0 Å². The van der Waals surface area contributed by atoms with E-state index < -0.39 is 5.60 Å². The minimum Gasteiger partial charge on any atom is -0.497 e. The normalized spacial score (nSPS) is 23.7. The van der Waals surface area contributed by atoms with Crippen molar-refractivity contribution in [2.75, 3.05) is 26.7 Å². The zero-order chi connectivity index (χ0) is 27.0. The molecule has 0 saturated carbocycles. The van der Waals surface area contributed by atoms with Crippen LogP contribution in [-0.2, 0) is 9.47 Å². The number of allylic oxidation sites excluding steroid dienone is 7. The van der Waals surface area contributed by atoms with E-state index in [1.54, 1.807) is 13.2 Å². The number of hydrogen-bond acceptors (Lipinski definition) is 4. The monoisotopic (exact) mass is 505 g/mol. The third-order valence-electron chi connectivity index (χ3n) is 7.57. The van der Waals surface area contributed by atoms with Crippen LogP contribution in [0.3, 0.4) is 0 Å². The van der Waals surface area contributed by atoms with Crippen molar-refractivity contribution in [1.29, 1.82) is 0 Å². The summed E-state index contributed by atoms with van der Waals surface area (Å²) in [7, 11) is 1.66. The number of likely N-dealkylation sites (tertiary alicyclic amines) is 1. The summed E-state index contributed by atoms with van der Waals surface area (Å²) in [6, 6.07) is 8.74. The summed E-state index contributed by atoms with van der Waals surface area (Å²) in [6.07, 6.45) is 15.0. The fourth-order valence-electron chi connectivity index (χ4n) is 5.74. The predicted molar refractivity (Wildman–Crippen MR) is 155 cm³/mol. The van der Waals surface area contributed by atoms with Gasteiger partial charge >= 0.3 is 0 Å². The number of ether oxygens (including phenoxy) is 3. The smallest absolute Gasteiger partial charge is 0.124 e. The van der Waals surface area contributed by atoms with E-state index in [-0.39, 0.29) is 11.8 Å². The van der Waals surface area contributed by atoms with E-state index in [9.17, 15) is 0 Å². The first-order valence-electron chi connectivity index (χ1n) is 13.8. The highest BCUT2D eigenvalue weighted by molar-refractivity contribution is 5.41. The van der Waals surface area contributed by atoms with Crippen LogP contribution >= 0.6 is 0 Å². The van der Waals surface area contributed by atoms with Gasteiger partial charge in [0.2, 0.25) is 0 Å². The molecule has 3 atom stereocenters. The fourth-order valence-corrected chi connectivity index (χ4v) is 5.74. The van der Waals surface area contributed by atoms with E-state index in [1.807, 2.05) is 6.08 Å². The van der Waals surface area contributed by atoms with Gasteiger partial charge in [-0.1, -0.05) is 63.8 Å². The molecule has 3 rings (SSSR count). The van der Waals surface area contributed by atoms with Crippen molar-refractivity contribution in [3.63, 3.8) is 0 Å². The van der Waals surface area contributed by atoms with Crippen LogP contribution in [-0.4, -0.2) is 43.3 Å². The average Bonchev–Trinajstić information content (AvgIpc) is 2.85. The Kier molecular flexibility index (Phi) is 10.3. The van der Waals surface area contributed by atoms with E-state index in [4.69, 9.17) is 14.2 Å². The quantitative estimate of drug-likeness (QED) is 0.214. The topological polar surface area (TPSA) is 30.9 Å². The van der Waals surface area contributed by atoms with Gasteiger partial charge in [-0.15, -0.1) is 0 Å². The summed E-state index contributed by atoms with van der Waals surface area (Å²) in [5.74, 6) is 3.23. The van der Waals surface area contributed by atoms with Crippen molar-refractivity contribution >= 4 is 0 Å². The van der Waals surface area contributed by atoms with Crippen LogP contribution < -0.4 is 4.74 Å². The molecular formula is C33H47NO3. The molecule has 4 nitrogen and oxygen atoms in total. The lowest BCUT2D eigenvalue weighted by Gasteiger charge is -2.47. The first-order valence-corrected chi connectivity index (χ1v) is 13.8. The summed E-state index contributed by atoms with van der Waals surface area (Å²) >= 11 is 0. The highest BCUT2D eigenvalue weighted by Crippen LogP contribution is 2.50. The number of hydrogen-bond donors (Lipinski definition) is 0. The third-order valence-corrected chi connectivity index (χ3v) is 7.57. The molecule has 0 N–H and O–H groups in total. The molecule has 0 bridgehead atoms. The average molecular weight is 506 g/mol. The van der Waals surface area contributed by atoms with E-state index in [1.165, 1.54) is 17.6 Å². The minimum atomic E-state index is -0.391. The molecule has 202 valence electrons. The molecule has 37 heavy (non-hydrogen) atoms. The number of methoxy groups -OCH3 is 1. The first-order chi connectivity index (χ1) is 17.7. The molecule has 0 radical (unpaired) electrons.